The van der Waals surface area contributed by atoms with Gasteiger partial charge in [0, 0.05) is 11.6 Å². The molecule has 0 radical (unpaired) electrons. The largest absolute Gasteiger partial charge is 0.507 e. The molecule has 0 atom stereocenters. The molecule has 7 heteroatoms. The standard InChI is InChI=1S/C16H9Br3O4/c1-22-16-10(18)5-8-12(21)6-13(23-15(8)14(16)19)7-2-3-11(20)9(17)4-7/h2-6,20H,1H3. The molecule has 4 nitrogen and oxygen atoms in total. The van der Waals surface area contributed by atoms with Crippen molar-refractivity contribution in [3.8, 4) is 22.8 Å². The minimum atomic E-state index is -0.172. The number of methoxy groups -OCH3 is 1. The molecule has 0 saturated carbocycles. The highest BCUT2D eigenvalue weighted by Gasteiger charge is 2.16. The first-order chi connectivity index (χ1) is 10.9. The van der Waals surface area contributed by atoms with Crippen molar-refractivity contribution in [2.75, 3.05) is 7.11 Å². The Hall–Kier alpha value is -1.31. The first kappa shape index (κ1) is 16.5. The van der Waals surface area contributed by atoms with Crippen molar-refractivity contribution in [2.45, 2.75) is 0 Å². The fraction of sp³-hybridized carbons (Fsp3) is 0.0625. The van der Waals surface area contributed by atoms with Crippen molar-refractivity contribution < 1.29 is 14.3 Å². The molecule has 3 aromatic rings. The molecule has 2 aromatic carbocycles. The van der Waals surface area contributed by atoms with E-state index in [2.05, 4.69) is 47.8 Å². The minimum Gasteiger partial charge on any atom is -0.507 e. The maximum Gasteiger partial charge on any atom is 0.193 e. The molecule has 1 aromatic heterocycles. The van der Waals surface area contributed by atoms with E-state index in [1.54, 1.807) is 18.2 Å². The van der Waals surface area contributed by atoms with Crippen LogP contribution >= 0.6 is 47.8 Å². The lowest BCUT2D eigenvalue weighted by atomic mass is 10.1. The molecule has 1 N–H and O–H groups in total. The smallest absolute Gasteiger partial charge is 0.193 e. The quantitative estimate of drug-likeness (QED) is 0.503. The Balaban J connectivity index is 2.32. The van der Waals surface area contributed by atoms with Crippen molar-refractivity contribution in [2.24, 2.45) is 0 Å². The topological polar surface area (TPSA) is 59.7 Å². The Morgan fingerprint density at radius 2 is 1.83 bits per heavy atom. The van der Waals surface area contributed by atoms with Gasteiger partial charge in [0.05, 0.1) is 21.4 Å². The third kappa shape index (κ3) is 2.93. The van der Waals surface area contributed by atoms with Gasteiger partial charge in [-0.2, -0.15) is 0 Å². The van der Waals surface area contributed by atoms with E-state index in [0.29, 0.717) is 41.5 Å². The number of ether oxygens (including phenoxy) is 1. The molecule has 3 rings (SSSR count). The molecular weight excluding hydrogens is 496 g/mol. The van der Waals surface area contributed by atoms with Crippen LogP contribution in [0.15, 0.2) is 53.0 Å². The zero-order valence-corrected chi connectivity index (χ0v) is 16.5. The van der Waals surface area contributed by atoms with Crippen LogP contribution in [0.2, 0.25) is 0 Å². The molecular formula is C16H9Br3O4. The molecule has 23 heavy (non-hydrogen) atoms. The molecule has 118 valence electrons. The summed E-state index contributed by atoms with van der Waals surface area (Å²) in [5.74, 6) is 1.06. The van der Waals surface area contributed by atoms with Gasteiger partial charge in [-0.3, -0.25) is 4.79 Å². The van der Waals surface area contributed by atoms with Gasteiger partial charge in [-0.05, 0) is 72.1 Å². The zero-order valence-electron chi connectivity index (χ0n) is 11.7. The van der Waals surface area contributed by atoms with Gasteiger partial charge < -0.3 is 14.3 Å². The number of rotatable bonds is 2. The second-order valence-corrected chi connectivity index (χ2v) is 7.23. The average Bonchev–Trinajstić information content (AvgIpc) is 2.51. The van der Waals surface area contributed by atoms with Crippen molar-refractivity contribution in [1.82, 2.24) is 0 Å². The SMILES string of the molecule is COc1c(Br)cc2c(=O)cc(-c3ccc(O)c(Br)c3)oc2c1Br. The summed E-state index contributed by atoms with van der Waals surface area (Å²) in [5.41, 5.74) is 0.897. The number of hydrogen-bond donors (Lipinski definition) is 1. The number of halogens is 3. The third-order valence-corrected chi connectivity index (χ3v) is 5.25. The summed E-state index contributed by atoms with van der Waals surface area (Å²) in [6, 6.07) is 7.98. The lowest BCUT2D eigenvalue weighted by molar-refractivity contribution is 0.409. The lowest BCUT2D eigenvalue weighted by Gasteiger charge is -2.10. The molecule has 0 amide bonds. The summed E-state index contributed by atoms with van der Waals surface area (Å²) in [7, 11) is 1.54. The third-order valence-electron chi connectivity index (χ3n) is 3.31. The van der Waals surface area contributed by atoms with Crippen LogP contribution in [-0.2, 0) is 0 Å². The number of aromatic hydroxyl groups is 1. The van der Waals surface area contributed by atoms with E-state index in [4.69, 9.17) is 9.15 Å². The fourth-order valence-electron chi connectivity index (χ4n) is 2.19. The normalized spacial score (nSPS) is 11.0. The fourth-order valence-corrected chi connectivity index (χ4v) is 4.10. The van der Waals surface area contributed by atoms with Crippen LogP contribution in [-0.4, -0.2) is 12.2 Å². The number of benzene rings is 2. The minimum absolute atomic E-state index is 0.115. The maximum absolute atomic E-state index is 12.4. The number of fused-ring (bicyclic) bond motifs is 1. The summed E-state index contributed by atoms with van der Waals surface area (Å²) in [6.45, 7) is 0. The predicted octanol–water partition coefficient (Wildman–Crippen LogP) is 5.46. The second-order valence-electron chi connectivity index (χ2n) is 4.72. The van der Waals surface area contributed by atoms with E-state index >= 15 is 0 Å². The number of hydrogen-bond acceptors (Lipinski definition) is 4. The Labute approximate surface area is 156 Å². The van der Waals surface area contributed by atoms with Crippen molar-refractivity contribution in [3.05, 3.63) is 54.0 Å². The molecule has 0 aliphatic carbocycles. The van der Waals surface area contributed by atoms with E-state index in [0.717, 1.165) is 0 Å². The Morgan fingerprint density at radius 3 is 2.48 bits per heavy atom. The molecule has 0 aliphatic rings. The molecule has 0 aliphatic heterocycles. The van der Waals surface area contributed by atoms with Crippen molar-refractivity contribution >= 4 is 58.8 Å². The molecule has 0 spiro atoms. The van der Waals surface area contributed by atoms with Crippen molar-refractivity contribution in [1.29, 1.82) is 0 Å². The Bertz CT molecular complexity index is 979. The summed E-state index contributed by atoms with van der Waals surface area (Å²) in [6.07, 6.45) is 0. The van der Waals surface area contributed by atoms with E-state index in [-0.39, 0.29) is 11.2 Å². The van der Waals surface area contributed by atoms with Crippen LogP contribution in [0.25, 0.3) is 22.3 Å². The van der Waals surface area contributed by atoms with E-state index in [9.17, 15) is 9.90 Å². The number of phenolic OH excluding ortho intramolecular Hbond substituents is 1. The molecule has 0 saturated heterocycles. The Kier molecular flexibility index (Phi) is 4.53. The monoisotopic (exact) mass is 502 g/mol. The van der Waals surface area contributed by atoms with Gasteiger partial charge in [0.1, 0.15) is 16.0 Å². The molecule has 0 unspecified atom stereocenters. The summed E-state index contributed by atoms with van der Waals surface area (Å²) < 4.78 is 12.9. The van der Waals surface area contributed by atoms with Gasteiger partial charge in [0.15, 0.2) is 16.8 Å². The first-order valence-electron chi connectivity index (χ1n) is 6.41. The van der Waals surface area contributed by atoms with E-state index in [1.807, 2.05) is 0 Å². The van der Waals surface area contributed by atoms with E-state index in [1.165, 1.54) is 19.2 Å². The number of phenols is 1. The molecule has 0 bridgehead atoms. The molecule has 1 heterocycles. The first-order valence-corrected chi connectivity index (χ1v) is 8.79. The summed E-state index contributed by atoms with van der Waals surface area (Å²) >= 11 is 10.1. The average molecular weight is 505 g/mol. The van der Waals surface area contributed by atoms with Gasteiger partial charge >= 0.3 is 0 Å². The van der Waals surface area contributed by atoms with Crippen LogP contribution in [0.5, 0.6) is 11.5 Å². The highest BCUT2D eigenvalue weighted by molar-refractivity contribution is 9.11. The van der Waals surface area contributed by atoms with Gasteiger partial charge in [0.25, 0.3) is 0 Å². The zero-order chi connectivity index (χ0) is 16.7. The van der Waals surface area contributed by atoms with Crippen LogP contribution in [0, 0.1) is 0 Å². The van der Waals surface area contributed by atoms with Gasteiger partial charge in [0.2, 0.25) is 0 Å². The summed E-state index contributed by atoms with van der Waals surface area (Å²) in [5, 5.41) is 10.0. The maximum atomic E-state index is 12.4. The highest BCUT2D eigenvalue weighted by atomic mass is 79.9. The van der Waals surface area contributed by atoms with E-state index < -0.39 is 0 Å². The second kappa shape index (κ2) is 6.30. The van der Waals surface area contributed by atoms with Crippen molar-refractivity contribution in [3.63, 3.8) is 0 Å². The Morgan fingerprint density at radius 1 is 1.09 bits per heavy atom. The van der Waals surface area contributed by atoms with Crippen LogP contribution < -0.4 is 10.2 Å². The summed E-state index contributed by atoms with van der Waals surface area (Å²) in [4.78, 5) is 12.4. The van der Waals surface area contributed by atoms with Crippen LogP contribution in [0.1, 0.15) is 0 Å². The van der Waals surface area contributed by atoms with Gasteiger partial charge in [-0.1, -0.05) is 0 Å². The lowest BCUT2D eigenvalue weighted by Crippen LogP contribution is -2.02. The molecule has 0 fully saturated rings. The van der Waals surface area contributed by atoms with Crippen LogP contribution in [0.3, 0.4) is 0 Å². The highest BCUT2D eigenvalue weighted by Crippen LogP contribution is 2.40. The van der Waals surface area contributed by atoms with Gasteiger partial charge in [-0.25, -0.2) is 0 Å². The van der Waals surface area contributed by atoms with Crippen LogP contribution in [0.4, 0.5) is 0 Å². The predicted molar refractivity (Wildman–Crippen MR) is 99.2 cm³/mol. The van der Waals surface area contributed by atoms with Gasteiger partial charge in [-0.15, -0.1) is 0 Å².